The summed E-state index contributed by atoms with van der Waals surface area (Å²) < 4.78 is 11.0. The van der Waals surface area contributed by atoms with E-state index in [0.717, 1.165) is 49.7 Å². The third-order valence-corrected chi connectivity index (χ3v) is 4.82. The van der Waals surface area contributed by atoms with E-state index in [1.54, 1.807) is 0 Å². The van der Waals surface area contributed by atoms with Crippen LogP contribution in [0.4, 0.5) is 5.82 Å². The molecule has 2 atom stereocenters. The van der Waals surface area contributed by atoms with Crippen LogP contribution in [0.3, 0.4) is 0 Å². The zero-order chi connectivity index (χ0) is 15.8. The Hall–Kier alpha value is -1.77. The Morgan fingerprint density at radius 1 is 1.17 bits per heavy atom. The zero-order valence-corrected chi connectivity index (χ0v) is 13.5. The molecule has 8 heteroatoms. The molecular formula is C15H22N6O2. The number of anilines is 1. The van der Waals surface area contributed by atoms with Gasteiger partial charge in [0, 0.05) is 26.2 Å². The molecule has 0 saturated carbocycles. The molecule has 0 spiro atoms. The fraction of sp³-hybridized carbons (Fsp3) is 0.667. The summed E-state index contributed by atoms with van der Waals surface area (Å²) >= 11 is 0. The lowest BCUT2D eigenvalue weighted by atomic mass is 10.1. The van der Waals surface area contributed by atoms with E-state index in [2.05, 4.69) is 37.3 Å². The van der Waals surface area contributed by atoms with Gasteiger partial charge >= 0.3 is 0 Å². The van der Waals surface area contributed by atoms with Gasteiger partial charge in [-0.05, 0) is 14.0 Å². The second kappa shape index (κ2) is 6.03. The van der Waals surface area contributed by atoms with Crippen LogP contribution in [-0.2, 0) is 4.74 Å². The topological polar surface area (TPSA) is 79.5 Å². The molecule has 0 unspecified atom stereocenters. The maximum absolute atomic E-state index is 5.75. The number of hydrogen-bond donors (Lipinski definition) is 1. The molecule has 0 aliphatic carbocycles. The highest BCUT2D eigenvalue weighted by Crippen LogP contribution is 2.25. The van der Waals surface area contributed by atoms with Crippen molar-refractivity contribution < 1.29 is 9.26 Å². The number of aromatic nitrogens is 3. The molecule has 2 aliphatic rings. The van der Waals surface area contributed by atoms with Crippen molar-refractivity contribution in [3.05, 3.63) is 12.0 Å². The highest BCUT2D eigenvalue weighted by atomic mass is 16.5. The molecule has 0 bridgehead atoms. The maximum atomic E-state index is 5.75. The standard InChI is InChI=1S/C15H22N6O2/c1-10-13-14(16-9-17-15(13)23-19-10)18-11-7-22-8-12(11)21-5-3-20(2)4-6-21/h9,11-12H,3-8H2,1-2H3,(H,16,17,18)/t11-,12-/m0/s1. The first kappa shape index (κ1) is 14.8. The van der Waals surface area contributed by atoms with Crippen molar-refractivity contribution in [3.63, 3.8) is 0 Å². The van der Waals surface area contributed by atoms with Crippen molar-refractivity contribution in [3.8, 4) is 0 Å². The first-order valence-electron chi connectivity index (χ1n) is 8.06. The average Bonchev–Trinajstić information content (AvgIpc) is 3.16. The van der Waals surface area contributed by atoms with Crippen molar-refractivity contribution >= 4 is 16.9 Å². The highest BCUT2D eigenvalue weighted by Gasteiger charge is 2.35. The van der Waals surface area contributed by atoms with Gasteiger partial charge in [-0.25, -0.2) is 4.98 Å². The molecule has 4 heterocycles. The number of fused-ring (bicyclic) bond motifs is 1. The van der Waals surface area contributed by atoms with Crippen LogP contribution >= 0.6 is 0 Å². The van der Waals surface area contributed by atoms with Gasteiger partial charge in [0.2, 0.25) is 0 Å². The molecule has 2 aromatic rings. The summed E-state index contributed by atoms with van der Waals surface area (Å²) in [6, 6.07) is 0.583. The first-order chi connectivity index (χ1) is 11.2. The number of likely N-dealkylation sites (N-methyl/N-ethyl adjacent to an activating group) is 1. The Kier molecular flexibility index (Phi) is 3.88. The minimum atomic E-state index is 0.214. The lowest BCUT2D eigenvalue weighted by Crippen LogP contribution is -2.54. The van der Waals surface area contributed by atoms with Gasteiger partial charge in [0.15, 0.2) is 0 Å². The Balaban J connectivity index is 1.54. The molecule has 4 rings (SSSR count). The molecule has 2 saturated heterocycles. The van der Waals surface area contributed by atoms with E-state index in [0.29, 0.717) is 18.4 Å². The Labute approximate surface area is 134 Å². The van der Waals surface area contributed by atoms with Crippen LogP contribution in [-0.4, -0.2) is 83.4 Å². The second-order valence-corrected chi connectivity index (χ2v) is 6.37. The van der Waals surface area contributed by atoms with E-state index in [1.807, 2.05) is 6.92 Å². The Morgan fingerprint density at radius 2 is 2.00 bits per heavy atom. The third-order valence-electron chi connectivity index (χ3n) is 4.82. The minimum Gasteiger partial charge on any atom is -0.378 e. The van der Waals surface area contributed by atoms with Gasteiger partial charge in [-0.2, -0.15) is 4.98 Å². The Bertz CT molecular complexity index is 682. The normalized spacial score (nSPS) is 26.9. The van der Waals surface area contributed by atoms with Gasteiger partial charge in [0.25, 0.3) is 5.71 Å². The summed E-state index contributed by atoms with van der Waals surface area (Å²) in [6.07, 6.45) is 1.51. The van der Waals surface area contributed by atoms with Crippen LogP contribution in [0.5, 0.6) is 0 Å². The van der Waals surface area contributed by atoms with Crippen LogP contribution in [0.15, 0.2) is 10.9 Å². The largest absolute Gasteiger partial charge is 0.378 e. The monoisotopic (exact) mass is 318 g/mol. The summed E-state index contributed by atoms with van der Waals surface area (Å²) in [4.78, 5) is 13.4. The van der Waals surface area contributed by atoms with E-state index in [4.69, 9.17) is 9.26 Å². The van der Waals surface area contributed by atoms with Crippen molar-refractivity contribution in [1.29, 1.82) is 0 Å². The predicted octanol–water partition coefficient (Wildman–Crippen LogP) is 0.353. The third kappa shape index (κ3) is 2.77. The lowest BCUT2D eigenvalue weighted by molar-refractivity contribution is 0.0949. The SMILES string of the molecule is Cc1noc2ncnc(N[C@H]3COC[C@@H]3N3CCN(C)CC3)c12. The molecule has 124 valence electrons. The molecule has 0 aromatic carbocycles. The smallest absolute Gasteiger partial charge is 0.263 e. The molecule has 0 radical (unpaired) electrons. The van der Waals surface area contributed by atoms with E-state index in [1.165, 1.54) is 6.33 Å². The summed E-state index contributed by atoms with van der Waals surface area (Å²) in [7, 11) is 2.17. The fourth-order valence-electron chi connectivity index (χ4n) is 3.40. The van der Waals surface area contributed by atoms with Gasteiger partial charge in [0.1, 0.15) is 17.5 Å². The number of nitrogens with zero attached hydrogens (tertiary/aromatic N) is 5. The van der Waals surface area contributed by atoms with Crippen LogP contribution in [0.25, 0.3) is 11.1 Å². The molecule has 0 amide bonds. The van der Waals surface area contributed by atoms with Crippen molar-refractivity contribution in [2.24, 2.45) is 0 Å². The number of rotatable bonds is 3. The minimum absolute atomic E-state index is 0.214. The van der Waals surface area contributed by atoms with E-state index in [9.17, 15) is 0 Å². The lowest BCUT2D eigenvalue weighted by Gasteiger charge is -2.38. The van der Waals surface area contributed by atoms with E-state index >= 15 is 0 Å². The van der Waals surface area contributed by atoms with E-state index in [-0.39, 0.29) is 6.04 Å². The number of aryl methyl sites for hydroxylation is 1. The number of hydrogen-bond acceptors (Lipinski definition) is 8. The molecule has 23 heavy (non-hydrogen) atoms. The second-order valence-electron chi connectivity index (χ2n) is 6.37. The molecule has 2 fully saturated rings. The molecular weight excluding hydrogens is 296 g/mol. The van der Waals surface area contributed by atoms with Gasteiger partial charge in [0.05, 0.1) is 31.0 Å². The van der Waals surface area contributed by atoms with Crippen LogP contribution < -0.4 is 5.32 Å². The molecule has 1 N–H and O–H groups in total. The van der Waals surface area contributed by atoms with E-state index < -0.39 is 0 Å². The molecule has 8 nitrogen and oxygen atoms in total. The summed E-state index contributed by atoms with van der Waals surface area (Å²) in [5, 5.41) is 8.38. The van der Waals surface area contributed by atoms with Crippen LogP contribution in [0, 0.1) is 6.92 Å². The molecule has 2 aromatic heterocycles. The van der Waals surface area contributed by atoms with Gasteiger partial charge < -0.3 is 19.5 Å². The zero-order valence-electron chi connectivity index (χ0n) is 13.5. The Morgan fingerprint density at radius 3 is 2.83 bits per heavy atom. The quantitative estimate of drug-likeness (QED) is 0.868. The fourth-order valence-corrected chi connectivity index (χ4v) is 3.40. The maximum Gasteiger partial charge on any atom is 0.263 e. The number of ether oxygens (including phenoxy) is 1. The first-order valence-corrected chi connectivity index (χ1v) is 8.06. The van der Waals surface area contributed by atoms with Gasteiger partial charge in [-0.3, -0.25) is 4.90 Å². The van der Waals surface area contributed by atoms with Crippen molar-refractivity contribution in [2.75, 3.05) is 51.8 Å². The number of nitrogens with one attached hydrogen (secondary N) is 1. The summed E-state index contributed by atoms with van der Waals surface area (Å²) in [6.45, 7) is 7.72. The predicted molar refractivity (Wildman–Crippen MR) is 85.4 cm³/mol. The average molecular weight is 318 g/mol. The highest BCUT2D eigenvalue weighted by molar-refractivity contribution is 5.87. The van der Waals surface area contributed by atoms with Crippen LogP contribution in [0.2, 0.25) is 0 Å². The van der Waals surface area contributed by atoms with Gasteiger partial charge in [-0.15, -0.1) is 0 Å². The molecule has 2 aliphatic heterocycles. The van der Waals surface area contributed by atoms with Gasteiger partial charge in [-0.1, -0.05) is 5.16 Å². The summed E-state index contributed by atoms with van der Waals surface area (Å²) in [5.41, 5.74) is 1.33. The van der Waals surface area contributed by atoms with Crippen molar-refractivity contribution in [2.45, 2.75) is 19.0 Å². The van der Waals surface area contributed by atoms with Crippen LogP contribution in [0.1, 0.15) is 5.69 Å². The number of piperazine rings is 1. The summed E-state index contributed by atoms with van der Waals surface area (Å²) in [5.74, 6) is 0.781. The van der Waals surface area contributed by atoms with Crippen molar-refractivity contribution in [1.82, 2.24) is 24.9 Å².